The lowest BCUT2D eigenvalue weighted by atomic mass is 9.97. The number of nitrogens with zero attached hydrogens (tertiary/aromatic N) is 2. The summed E-state index contributed by atoms with van der Waals surface area (Å²) in [4.78, 5) is 14.5. The quantitative estimate of drug-likeness (QED) is 0.646. The van der Waals surface area contributed by atoms with Crippen LogP contribution >= 0.6 is 0 Å². The van der Waals surface area contributed by atoms with Crippen LogP contribution in [-0.4, -0.2) is 47.7 Å². The lowest BCUT2D eigenvalue weighted by molar-refractivity contribution is -0.126. The molecule has 1 aromatic heterocycles. The Balaban J connectivity index is 1.31. The largest absolute Gasteiger partial charge is 0.365 e. The molecule has 2 heterocycles. The van der Waals surface area contributed by atoms with Crippen molar-refractivity contribution >= 4 is 5.91 Å². The molecular weight excluding hydrogens is 373 g/mol. The van der Waals surface area contributed by atoms with Gasteiger partial charge in [-0.3, -0.25) is 9.69 Å². The van der Waals surface area contributed by atoms with E-state index < -0.39 is 0 Å². The fraction of sp³-hybridized carbons (Fsp3) is 0.545. The van der Waals surface area contributed by atoms with Gasteiger partial charge in [-0.1, -0.05) is 11.6 Å². The maximum absolute atomic E-state index is 13.0. The third-order valence-electron chi connectivity index (χ3n) is 5.46. The zero-order chi connectivity index (χ0) is 20.6. The average Bonchev–Trinajstić information content (AvgIpc) is 3.16. The predicted molar refractivity (Wildman–Crippen MR) is 109 cm³/mol. The van der Waals surface area contributed by atoms with Crippen molar-refractivity contribution in [2.24, 2.45) is 0 Å². The van der Waals surface area contributed by atoms with Gasteiger partial charge in [0.25, 0.3) is 0 Å². The lowest BCUT2D eigenvalue weighted by Gasteiger charge is -2.39. The number of carbonyl (C=O) groups is 1. The third kappa shape index (κ3) is 6.37. The number of carbonyl (C=O) groups excluding carboxylic acids is 1. The van der Waals surface area contributed by atoms with Crippen LogP contribution in [0.4, 0.5) is 4.39 Å². The number of benzene rings is 1. The molecule has 0 spiro atoms. The second-order valence-electron chi connectivity index (χ2n) is 7.75. The molecule has 1 N–H and O–H groups in total. The average molecular weight is 403 g/mol. The molecule has 3 rings (SSSR count). The first kappa shape index (κ1) is 21.5. The number of rotatable bonds is 9. The van der Waals surface area contributed by atoms with E-state index in [4.69, 9.17) is 9.26 Å². The normalized spacial score (nSPS) is 20.0. The Morgan fingerprint density at radius 2 is 2.00 bits per heavy atom. The number of hydrogen-bond acceptors (Lipinski definition) is 5. The monoisotopic (exact) mass is 403 g/mol. The summed E-state index contributed by atoms with van der Waals surface area (Å²) in [6.45, 7) is 6.39. The molecular formula is C22H30FN3O3. The van der Waals surface area contributed by atoms with E-state index in [2.05, 4.69) is 29.2 Å². The highest BCUT2D eigenvalue weighted by Gasteiger charge is 2.23. The standard InChI is InChI=1S/C22H30FN3O3/c1-16-5-3-6-17(2)26(16)12-4-11-24-22(27)15-28-14-20-13-21(29-25-20)18-7-9-19(23)10-8-18/h7-10,13,16-17H,3-6,11-12,14-15H2,1-2H3,(H,24,27). The maximum Gasteiger partial charge on any atom is 0.246 e. The Morgan fingerprint density at radius 3 is 2.72 bits per heavy atom. The van der Waals surface area contributed by atoms with Crippen LogP contribution < -0.4 is 5.32 Å². The molecule has 1 fully saturated rings. The number of halogens is 1. The topological polar surface area (TPSA) is 67.6 Å². The van der Waals surface area contributed by atoms with Gasteiger partial charge in [0.05, 0.1) is 6.61 Å². The number of nitrogens with one attached hydrogen (secondary N) is 1. The Hall–Kier alpha value is -2.25. The first-order chi connectivity index (χ1) is 14.0. The number of aromatic nitrogens is 1. The van der Waals surface area contributed by atoms with Crippen molar-refractivity contribution in [1.82, 2.24) is 15.4 Å². The molecule has 0 bridgehead atoms. The zero-order valence-corrected chi connectivity index (χ0v) is 17.2. The van der Waals surface area contributed by atoms with Gasteiger partial charge in [0.2, 0.25) is 5.91 Å². The Bertz CT molecular complexity index is 768. The maximum atomic E-state index is 13.0. The minimum Gasteiger partial charge on any atom is -0.365 e. The molecule has 29 heavy (non-hydrogen) atoms. The van der Waals surface area contributed by atoms with Crippen LogP contribution in [0.15, 0.2) is 34.9 Å². The van der Waals surface area contributed by atoms with Crippen LogP contribution in [0, 0.1) is 5.82 Å². The van der Waals surface area contributed by atoms with Crippen LogP contribution in [0.1, 0.15) is 45.2 Å². The molecule has 1 aliphatic heterocycles. The first-order valence-electron chi connectivity index (χ1n) is 10.3. The summed E-state index contributed by atoms with van der Waals surface area (Å²) in [7, 11) is 0. The summed E-state index contributed by atoms with van der Waals surface area (Å²) in [5.41, 5.74) is 1.32. The summed E-state index contributed by atoms with van der Waals surface area (Å²) < 4.78 is 23.7. The molecule has 2 unspecified atom stereocenters. The van der Waals surface area contributed by atoms with E-state index in [-0.39, 0.29) is 24.9 Å². The highest BCUT2D eigenvalue weighted by Crippen LogP contribution is 2.22. The Morgan fingerprint density at radius 1 is 1.28 bits per heavy atom. The summed E-state index contributed by atoms with van der Waals surface area (Å²) in [6.07, 6.45) is 4.76. The summed E-state index contributed by atoms with van der Waals surface area (Å²) in [5, 5.41) is 6.83. The Kier molecular flexibility index (Phi) is 7.77. The molecule has 6 nitrogen and oxygen atoms in total. The van der Waals surface area contributed by atoms with E-state index >= 15 is 0 Å². The van der Waals surface area contributed by atoms with Crippen molar-refractivity contribution < 1.29 is 18.4 Å². The first-order valence-corrected chi connectivity index (χ1v) is 10.3. The van der Waals surface area contributed by atoms with E-state index in [9.17, 15) is 9.18 Å². The number of amides is 1. The summed E-state index contributed by atoms with van der Waals surface area (Å²) >= 11 is 0. The molecule has 1 amide bonds. The number of likely N-dealkylation sites (tertiary alicyclic amines) is 1. The lowest BCUT2D eigenvalue weighted by Crippen LogP contribution is -2.44. The molecule has 2 aromatic rings. The van der Waals surface area contributed by atoms with Crippen LogP contribution in [0.25, 0.3) is 11.3 Å². The summed E-state index contributed by atoms with van der Waals surface area (Å²) in [6, 6.07) is 8.96. The van der Waals surface area contributed by atoms with E-state index in [1.54, 1.807) is 18.2 Å². The van der Waals surface area contributed by atoms with Crippen LogP contribution in [0.3, 0.4) is 0 Å². The highest BCUT2D eigenvalue weighted by atomic mass is 19.1. The van der Waals surface area contributed by atoms with Gasteiger partial charge in [0.1, 0.15) is 18.1 Å². The van der Waals surface area contributed by atoms with Crippen molar-refractivity contribution in [2.75, 3.05) is 19.7 Å². The Labute approximate surface area is 171 Å². The number of piperidine rings is 1. The smallest absolute Gasteiger partial charge is 0.246 e. The SMILES string of the molecule is CC1CCCC(C)N1CCCNC(=O)COCc1cc(-c2ccc(F)cc2)on1. The van der Waals surface area contributed by atoms with E-state index in [1.165, 1.54) is 31.4 Å². The van der Waals surface area contributed by atoms with Crippen LogP contribution in [0.5, 0.6) is 0 Å². The van der Waals surface area contributed by atoms with Crippen molar-refractivity contribution in [1.29, 1.82) is 0 Å². The zero-order valence-electron chi connectivity index (χ0n) is 17.2. The predicted octanol–water partition coefficient (Wildman–Crippen LogP) is 3.77. The van der Waals surface area contributed by atoms with E-state index in [1.807, 2.05) is 0 Å². The van der Waals surface area contributed by atoms with Gasteiger partial charge < -0.3 is 14.6 Å². The van der Waals surface area contributed by atoms with Gasteiger partial charge in [-0.25, -0.2) is 4.39 Å². The molecule has 0 radical (unpaired) electrons. The third-order valence-corrected chi connectivity index (χ3v) is 5.46. The molecule has 158 valence electrons. The second kappa shape index (κ2) is 10.5. The molecule has 0 aliphatic carbocycles. The van der Waals surface area contributed by atoms with Gasteiger partial charge >= 0.3 is 0 Å². The molecule has 7 heteroatoms. The fourth-order valence-electron chi connectivity index (χ4n) is 3.83. The van der Waals surface area contributed by atoms with Crippen molar-refractivity contribution in [3.05, 3.63) is 41.8 Å². The van der Waals surface area contributed by atoms with Gasteiger partial charge in [0.15, 0.2) is 5.76 Å². The number of ether oxygens (including phenoxy) is 1. The molecule has 2 atom stereocenters. The minimum atomic E-state index is -0.303. The van der Waals surface area contributed by atoms with Gasteiger partial charge in [0, 0.05) is 36.8 Å². The molecule has 1 saturated heterocycles. The molecule has 0 saturated carbocycles. The van der Waals surface area contributed by atoms with Crippen LogP contribution in [0.2, 0.25) is 0 Å². The van der Waals surface area contributed by atoms with Gasteiger partial charge in [-0.2, -0.15) is 0 Å². The summed E-state index contributed by atoms with van der Waals surface area (Å²) in [5.74, 6) is 0.101. The highest BCUT2D eigenvalue weighted by molar-refractivity contribution is 5.77. The molecule has 1 aromatic carbocycles. The van der Waals surface area contributed by atoms with Crippen molar-refractivity contribution in [2.45, 2.75) is 58.2 Å². The minimum absolute atomic E-state index is 0.0186. The van der Waals surface area contributed by atoms with E-state index in [0.717, 1.165) is 18.5 Å². The number of hydrogen-bond donors (Lipinski definition) is 1. The second-order valence-corrected chi connectivity index (χ2v) is 7.75. The van der Waals surface area contributed by atoms with Crippen molar-refractivity contribution in [3.8, 4) is 11.3 Å². The van der Waals surface area contributed by atoms with E-state index in [0.29, 0.717) is 30.1 Å². The fourth-order valence-corrected chi connectivity index (χ4v) is 3.83. The van der Waals surface area contributed by atoms with Crippen molar-refractivity contribution in [3.63, 3.8) is 0 Å². The molecule has 1 aliphatic rings. The van der Waals surface area contributed by atoms with Gasteiger partial charge in [-0.15, -0.1) is 0 Å². The van der Waals surface area contributed by atoms with Gasteiger partial charge in [-0.05, 0) is 57.4 Å². The van der Waals surface area contributed by atoms with Crippen LogP contribution in [-0.2, 0) is 16.1 Å².